The average Bonchev–Trinajstić information content (AvgIpc) is 2.62. The second-order valence-corrected chi connectivity index (χ2v) is 8.31. The lowest BCUT2D eigenvalue weighted by molar-refractivity contribution is -0.138. The summed E-state index contributed by atoms with van der Waals surface area (Å²) in [6, 6.07) is 13.4. The number of benzene rings is 2. The highest BCUT2D eigenvalue weighted by molar-refractivity contribution is 5.88. The van der Waals surface area contributed by atoms with Crippen LogP contribution in [-0.2, 0) is 17.6 Å². The number of hydrogen-bond donors (Lipinski definition) is 1. The minimum atomic E-state index is -0.689. The zero-order chi connectivity index (χ0) is 19.6. The molecule has 0 saturated heterocycles. The highest BCUT2D eigenvalue weighted by Crippen LogP contribution is 2.27. The minimum Gasteiger partial charge on any atom is -0.481 e. The fourth-order valence-electron chi connectivity index (χ4n) is 4.18. The molecule has 2 atom stereocenters. The van der Waals surface area contributed by atoms with Gasteiger partial charge in [-0.1, -0.05) is 76.4 Å². The van der Waals surface area contributed by atoms with Gasteiger partial charge in [-0.3, -0.25) is 4.79 Å². The van der Waals surface area contributed by atoms with Crippen molar-refractivity contribution in [2.24, 2.45) is 11.8 Å². The third-order valence-corrected chi connectivity index (χ3v) is 5.70. The summed E-state index contributed by atoms with van der Waals surface area (Å²) in [7, 11) is 0. The highest BCUT2D eigenvalue weighted by Gasteiger charge is 2.10. The maximum atomic E-state index is 10.8. The van der Waals surface area contributed by atoms with E-state index in [0.717, 1.165) is 31.6 Å². The zero-order valence-corrected chi connectivity index (χ0v) is 17.3. The van der Waals surface area contributed by atoms with Crippen LogP contribution in [-0.4, -0.2) is 11.1 Å². The third kappa shape index (κ3) is 7.01. The number of carboxylic acid groups (broad SMARTS) is 1. The largest absolute Gasteiger partial charge is 0.481 e. The molecule has 2 rings (SSSR count). The lowest BCUT2D eigenvalue weighted by Crippen LogP contribution is -2.04. The fourth-order valence-corrected chi connectivity index (χ4v) is 4.18. The molecule has 2 aromatic carbocycles. The monoisotopic (exact) mass is 368 g/mol. The average molecular weight is 369 g/mol. The van der Waals surface area contributed by atoms with Crippen LogP contribution < -0.4 is 0 Å². The number of hydrogen-bond acceptors (Lipinski definition) is 1. The summed E-state index contributed by atoms with van der Waals surface area (Å²) in [5.74, 6) is 0.386. The van der Waals surface area contributed by atoms with Gasteiger partial charge in [0.1, 0.15) is 0 Å². The van der Waals surface area contributed by atoms with E-state index < -0.39 is 5.97 Å². The van der Waals surface area contributed by atoms with Crippen molar-refractivity contribution in [1.29, 1.82) is 0 Å². The van der Waals surface area contributed by atoms with Crippen LogP contribution in [0.5, 0.6) is 0 Å². The van der Waals surface area contributed by atoms with E-state index in [-0.39, 0.29) is 12.3 Å². The van der Waals surface area contributed by atoms with E-state index in [1.54, 1.807) is 0 Å². The summed E-state index contributed by atoms with van der Waals surface area (Å²) in [6.45, 7) is 6.68. The zero-order valence-electron chi connectivity index (χ0n) is 17.3. The molecule has 1 N–H and O–H groups in total. The molecule has 0 radical (unpaired) electrons. The Kier molecular flexibility index (Phi) is 8.84. The van der Waals surface area contributed by atoms with Gasteiger partial charge in [-0.05, 0) is 65.8 Å². The first-order chi connectivity index (χ1) is 13.0. The Bertz CT molecular complexity index is 719. The van der Waals surface area contributed by atoms with Gasteiger partial charge in [0.2, 0.25) is 0 Å². The molecule has 2 unspecified atom stereocenters. The van der Waals surface area contributed by atoms with Crippen LogP contribution in [0, 0.1) is 11.8 Å². The van der Waals surface area contributed by atoms with Crippen LogP contribution in [0.15, 0.2) is 36.4 Å². The molecule has 2 nitrogen and oxygen atoms in total. The Balaban J connectivity index is 2.00. The van der Waals surface area contributed by atoms with E-state index in [4.69, 9.17) is 5.11 Å². The van der Waals surface area contributed by atoms with Gasteiger partial charge >= 0.3 is 5.97 Å². The van der Waals surface area contributed by atoms with Crippen molar-refractivity contribution in [1.82, 2.24) is 0 Å². The Hall–Kier alpha value is -1.83. The number of carbonyl (C=O) groups is 1. The number of aliphatic carboxylic acids is 1. The van der Waals surface area contributed by atoms with Gasteiger partial charge in [-0.15, -0.1) is 0 Å². The minimum absolute atomic E-state index is 0.248. The predicted molar refractivity (Wildman–Crippen MR) is 115 cm³/mol. The van der Waals surface area contributed by atoms with Crippen molar-refractivity contribution in [2.75, 3.05) is 0 Å². The quantitative estimate of drug-likeness (QED) is 0.436. The number of aryl methyl sites for hydroxylation is 2. The smallest absolute Gasteiger partial charge is 0.303 e. The van der Waals surface area contributed by atoms with Gasteiger partial charge in [-0.25, -0.2) is 0 Å². The van der Waals surface area contributed by atoms with E-state index in [1.807, 2.05) is 6.92 Å². The lowest BCUT2D eigenvalue weighted by atomic mass is 9.91. The standard InChI is InChI=1S/C25H36O2/c1-4-9-19(2)10-7-12-21-16-17-22(24-15-6-5-14-23(21)24)13-8-11-20(3)18-25(26)27/h5-6,14-17,19-20H,4,7-13,18H2,1-3H3,(H,26,27). The molecule has 0 aromatic heterocycles. The molecule has 0 amide bonds. The molecular formula is C25H36O2. The van der Waals surface area contributed by atoms with Crippen molar-refractivity contribution < 1.29 is 9.90 Å². The van der Waals surface area contributed by atoms with Crippen LogP contribution in [0.3, 0.4) is 0 Å². The maximum absolute atomic E-state index is 10.8. The number of carboxylic acids is 1. The molecular weight excluding hydrogens is 332 g/mol. The van der Waals surface area contributed by atoms with Crippen LogP contribution >= 0.6 is 0 Å². The van der Waals surface area contributed by atoms with Gasteiger partial charge in [0.05, 0.1) is 0 Å². The Morgan fingerprint density at radius 1 is 0.852 bits per heavy atom. The van der Waals surface area contributed by atoms with Gasteiger partial charge in [-0.2, -0.15) is 0 Å². The first kappa shape index (κ1) is 21.5. The third-order valence-electron chi connectivity index (χ3n) is 5.70. The fraction of sp³-hybridized carbons (Fsp3) is 0.560. The van der Waals surface area contributed by atoms with Gasteiger partial charge in [0, 0.05) is 6.42 Å². The Morgan fingerprint density at radius 2 is 1.37 bits per heavy atom. The van der Waals surface area contributed by atoms with E-state index >= 15 is 0 Å². The van der Waals surface area contributed by atoms with Crippen molar-refractivity contribution >= 4 is 16.7 Å². The summed E-state index contributed by atoms with van der Waals surface area (Å²) >= 11 is 0. The van der Waals surface area contributed by atoms with Crippen LogP contribution in [0.4, 0.5) is 0 Å². The molecule has 2 heteroatoms. The lowest BCUT2D eigenvalue weighted by Gasteiger charge is -2.14. The Morgan fingerprint density at radius 3 is 1.85 bits per heavy atom. The molecule has 0 bridgehead atoms. The van der Waals surface area contributed by atoms with Gasteiger partial charge in [0.25, 0.3) is 0 Å². The molecule has 0 aliphatic carbocycles. The van der Waals surface area contributed by atoms with Crippen LogP contribution in [0.25, 0.3) is 10.8 Å². The molecule has 0 heterocycles. The SMILES string of the molecule is CCCC(C)CCCc1ccc(CCCC(C)CC(=O)O)c2ccccc12. The maximum Gasteiger partial charge on any atom is 0.303 e. The van der Waals surface area contributed by atoms with Crippen molar-refractivity contribution in [3.8, 4) is 0 Å². The van der Waals surface area contributed by atoms with E-state index in [9.17, 15) is 4.79 Å². The summed E-state index contributed by atoms with van der Waals surface area (Å²) in [6.07, 6.45) is 9.66. The number of fused-ring (bicyclic) bond motifs is 1. The summed E-state index contributed by atoms with van der Waals surface area (Å²) in [4.78, 5) is 10.8. The predicted octanol–water partition coefficient (Wildman–Crippen LogP) is 7.03. The molecule has 27 heavy (non-hydrogen) atoms. The summed E-state index contributed by atoms with van der Waals surface area (Å²) in [5, 5.41) is 11.7. The molecule has 0 fully saturated rings. The molecule has 0 aliphatic rings. The first-order valence-electron chi connectivity index (χ1n) is 10.7. The topological polar surface area (TPSA) is 37.3 Å². The molecule has 148 valence electrons. The second-order valence-electron chi connectivity index (χ2n) is 8.31. The van der Waals surface area contributed by atoms with Crippen molar-refractivity contribution in [2.45, 2.75) is 78.6 Å². The molecule has 0 aliphatic heterocycles. The molecule has 0 saturated carbocycles. The van der Waals surface area contributed by atoms with Crippen molar-refractivity contribution in [3.05, 3.63) is 47.5 Å². The first-order valence-corrected chi connectivity index (χ1v) is 10.7. The Labute approximate surface area is 165 Å². The molecule has 0 spiro atoms. The number of rotatable bonds is 12. The summed E-state index contributed by atoms with van der Waals surface area (Å²) < 4.78 is 0. The normalized spacial score (nSPS) is 13.6. The van der Waals surface area contributed by atoms with Crippen LogP contribution in [0.1, 0.15) is 76.8 Å². The molecule has 2 aromatic rings. The highest BCUT2D eigenvalue weighted by atomic mass is 16.4. The van der Waals surface area contributed by atoms with E-state index in [1.165, 1.54) is 47.6 Å². The van der Waals surface area contributed by atoms with E-state index in [2.05, 4.69) is 50.2 Å². The van der Waals surface area contributed by atoms with Crippen molar-refractivity contribution in [3.63, 3.8) is 0 Å². The van der Waals surface area contributed by atoms with E-state index in [0.29, 0.717) is 0 Å². The second kappa shape index (κ2) is 11.1. The van der Waals surface area contributed by atoms with Crippen LogP contribution in [0.2, 0.25) is 0 Å². The van der Waals surface area contributed by atoms with Gasteiger partial charge < -0.3 is 5.11 Å². The van der Waals surface area contributed by atoms with Gasteiger partial charge in [0.15, 0.2) is 0 Å². The summed E-state index contributed by atoms with van der Waals surface area (Å²) in [5.41, 5.74) is 2.87.